The summed E-state index contributed by atoms with van der Waals surface area (Å²) in [4.78, 5) is 17.2. The fourth-order valence-electron chi connectivity index (χ4n) is 4.54. The third-order valence-electron chi connectivity index (χ3n) is 6.44. The van der Waals surface area contributed by atoms with Gasteiger partial charge in [-0.05, 0) is 60.5 Å². The highest BCUT2D eigenvalue weighted by Gasteiger charge is 2.35. The molecule has 5 nitrogen and oxygen atoms in total. The molecule has 2 heterocycles. The molecule has 1 saturated carbocycles. The third kappa shape index (κ3) is 4.54. The highest BCUT2D eigenvalue weighted by Crippen LogP contribution is 2.48. The van der Waals surface area contributed by atoms with E-state index in [1.807, 2.05) is 24.3 Å². The Morgan fingerprint density at radius 3 is 2.57 bits per heavy atom. The van der Waals surface area contributed by atoms with Crippen LogP contribution in [0.4, 0.5) is 14.6 Å². The Hall–Kier alpha value is -3.53. The summed E-state index contributed by atoms with van der Waals surface area (Å²) >= 11 is -0.511. The summed E-state index contributed by atoms with van der Waals surface area (Å²) in [5.41, 5.74) is 1.11. The summed E-state index contributed by atoms with van der Waals surface area (Å²) in [6.45, 7) is 0.152. The van der Waals surface area contributed by atoms with Crippen LogP contribution < -0.4 is 4.31 Å². The first-order chi connectivity index (χ1) is 17.9. The molecule has 5 aromatic rings. The van der Waals surface area contributed by atoms with Crippen molar-refractivity contribution in [2.24, 2.45) is 0 Å². The van der Waals surface area contributed by atoms with Crippen LogP contribution in [0.2, 0.25) is 0 Å². The first kappa shape index (κ1) is 23.8. The van der Waals surface area contributed by atoms with Crippen LogP contribution in [0.25, 0.3) is 20.9 Å². The number of anilines is 1. The Labute approximate surface area is 218 Å². The topological polar surface area (TPSA) is 76.5 Å². The number of aromatic nitrogens is 1. The van der Waals surface area contributed by atoms with E-state index in [-0.39, 0.29) is 18.0 Å². The lowest BCUT2D eigenvalue weighted by Crippen LogP contribution is -2.32. The molecule has 1 fully saturated rings. The zero-order valence-corrected chi connectivity index (χ0v) is 21.0. The number of rotatable bonds is 7. The number of hydrogen-bond donors (Lipinski definition) is 1. The Morgan fingerprint density at radius 2 is 1.84 bits per heavy atom. The molecule has 186 valence electrons. The molecule has 0 aliphatic heterocycles. The standard InChI is InChI=1S/C28H20F2N2O3S2/c29-19-11-24(30)23-13-20(36-25(23)12-19)15-32(37(35)21-9-7-17(8-10-21)28(33)34)27-26(16-5-6-16)22-4-2-1-3-18(22)14-31-27/h1-4,7-14,16H,5-6,15H2,(H,33,34)/t37-/m1/s1. The van der Waals surface area contributed by atoms with E-state index in [1.54, 1.807) is 16.6 Å². The van der Waals surface area contributed by atoms with Crippen molar-refractivity contribution < 1.29 is 23.2 Å². The quantitative estimate of drug-likeness (QED) is 0.227. The van der Waals surface area contributed by atoms with E-state index in [1.165, 1.54) is 41.7 Å². The van der Waals surface area contributed by atoms with Crippen LogP contribution in [0.3, 0.4) is 0 Å². The predicted octanol–water partition coefficient (Wildman–Crippen LogP) is 7.03. The van der Waals surface area contributed by atoms with E-state index in [0.29, 0.717) is 25.7 Å². The number of carbonyl (C=O) groups is 1. The van der Waals surface area contributed by atoms with Gasteiger partial charge in [0.15, 0.2) is 10.7 Å². The molecule has 1 atom stereocenters. The van der Waals surface area contributed by atoms with Crippen molar-refractivity contribution in [1.29, 1.82) is 0 Å². The summed E-state index contributed by atoms with van der Waals surface area (Å²) in [7, 11) is 0. The molecule has 1 aliphatic carbocycles. The number of carboxylic acid groups (broad SMARTS) is 1. The average molecular weight is 535 g/mol. The Bertz CT molecular complexity index is 1650. The van der Waals surface area contributed by atoms with Gasteiger partial charge in [0.1, 0.15) is 29.5 Å². The monoisotopic (exact) mass is 534 g/mol. The van der Waals surface area contributed by atoms with Crippen molar-refractivity contribution in [2.75, 3.05) is 4.31 Å². The lowest BCUT2D eigenvalue weighted by Gasteiger charge is -2.27. The molecule has 0 spiro atoms. The number of hydrogen-bond acceptors (Lipinski definition) is 5. The van der Waals surface area contributed by atoms with Crippen molar-refractivity contribution in [3.63, 3.8) is 0 Å². The minimum atomic E-state index is -1.75. The Morgan fingerprint density at radius 1 is 1.08 bits per heavy atom. The zero-order chi connectivity index (χ0) is 25.7. The number of carboxylic acids is 1. The van der Waals surface area contributed by atoms with Crippen molar-refractivity contribution >= 4 is 55.3 Å². The average Bonchev–Trinajstić information content (AvgIpc) is 3.65. The van der Waals surface area contributed by atoms with E-state index in [4.69, 9.17) is 4.98 Å². The van der Waals surface area contributed by atoms with Crippen LogP contribution in [-0.2, 0) is 17.9 Å². The first-order valence-corrected chi connectivity index (χ1v) is 13.6. The third-order valence-corrected chi connectivity index (χ3v) is 8.89. The second kappa shape index (κ2) is 9.41. The van der Waals surface area contributed by atoms with Gasteiger partial charge in [0.2, 0.25) is 0 Å². The number of halogens is 2. The van der Waals surface area contributed by atoms with Crippen LogP contribution >= 0.6 is 11.3 Å². The normalized spacial score (nSPS) is 14.2. The molecule has 1 aliphatic rings. The largest absolute Gasteiger partial charge is 0.588 e. The highest BCUT2D eigenvalue weighted by atomic mass is 32.2. The first-order valence-electron chi connectivity index (χ1n) is 11.7. The molecule has 0 unspecified atom stereocenters. The molecule has 0 bridgehead atoms. The molecule has 9 heteroatoms. The van der Waals surface area contributed by atoms with Crippen molar-refractivity contribution in [1.82, 2.24) is 4.98 Å². The molecular formula is C28H20F2N2O3S2. The summed E-state index contributed by atoms with van der Waals surface area (Å²) in [5, 5.41) is 11.6. The second-order valence-electron chi connectivity index (χ2n) is 8.98. The lowest BCUT2D eigenvalue weighted by atomic mass is 10.0. The molecule has 0 radical (unpaired) electrons. The smallest absolute Gasteiger partial charge is 0.335 e. The van der Waals surface area contributed by atoms with Gasteiger partial charge in [0, 0.05) is 38.2 Å². The summed E-state index contributed by atoms with van der Waals surface area (Å²) < 4.78 is 44.4. The molecule has 37 heavy (non-hydrogen) atoms. The minimum Gasteiger partial charge on any atom is -0.588 e. The number of benzene rings is 3. The molecule has 2 aromatic heterocycles. The fourth-order valence-corrected chi connectivity index (χ4v) is 6.89. The van der Waals surface area contributed by atoms with Gasteiger partial charge in [-0.15, -0.1) is 11.3 Å². The van der Waals surface area contributed by atoms with Gasteiger partial charge in [0.25, 0.3) is 0 Å². The van der Waals surface area contributed by atoms with Crippen LogP contribution in [0.15, 0.2) is 77.8 Å². The van der Waals surface area contributed by atoms with Gasteiger partial charge in [-0.25, -0.2) is 18.6 Å². The maximum absolute atomic E-state index is 14.4. The van der Waals surface area contributed by atoms with E-state index in [0.717, 1.165) is 35.2 Å². The van der Waals surface area contributed by atoms with Crippen LogP contribution in [0, 0.1) is 11.6 Å². The molecular weight excluding hydrogens is 514 g/mol. The second-order valence-corrected chi connectivity index (χ2v) is 11.6. The molecule has 1 N–H and O–H groups in total. The summed E-state index contributed by atoms with van der Waals surface area (Å²) in [6.07, 6.45) is 3.77. The van der Waals surface area contributed by atoms with Gasteiger partial charge in [0.05, 0.1) is 5.56 Å². The molecule has 0 saturated heterocycles. The molecule has 0 amide bonds. The molecule has 6 rings (SSSR count). The number of aromatic carboxylic acids is 1. The fraction of sp³-hybridized carbons (Fsp3) is 0.143. The van der Waals surface area contributed by atoms with Crippen molar-refractivity contribution in [3.05, 3.63) is 101 Å². The van der Waals surface area contributed by atoms with Crippen LogP contribution in [0.1, 0.15) is 39.6 Å². The zero-order valence-electron chi connectivity index (χ0n) is 19.4. The number of fused-ring (bicyclic) bond motifs is 2. The van der Waals surface area contributed by atoms with Gasteiger partial charge in [-0.1, -0.05) is 24.3 Å². The van der Waals surface area contributed by atoms with Gasteiger partial charge >= 0.3 is 5.97 Å². The summed E-state index contributed by atoms with van der Waals surface area (Å²) in [6, 6.07) is 17.7. The van der Waals surface area contributed by atoms with Gasteiger partial charge < -0.3 is 9.66 Å². The maximum atomic E-state index is 14.4. The Balaban J connectivity index is 1.48. The maximum Gasteiger partial charge on any atom is 0.335 e. The van der Waals surface area contributed by atoms with Gasteiger partial charge in [-0.3, -0.25) is 0 Å². The molecule has 3 aromatic carbocycles. The van der Waals surface area contributed by atoms with E-state index in [2.05, 4.69) is 0 Å². The number of thiophene rings is 1. The van der Waals surface area contributed by atoms with Crippen LogP contribution in [-0.4, -0.2) is 20.6 Å². The van der Waals surface area contributed by atoms with E-state index in [9.17, 15) is 23.2 Å². The van der Waals surface area contributed by atoms with Crippen LogP contribution in [0.5, 0.6) is 0 Å². The van der Waals surface area contributed by atoms with Gasteiger partial charge in [-0.2, -0.15) is 4.31 Å². The number of pyridine rings is 1. The SMILES string of the molecule is O=C(O)c1ccc([S@@+]([O-])N(Cc2cc3c(F)cc(F)cc3s2)c2ncc3ccccc3c2C2CC2)cc1. The highest BCUT2D eigenvalue weighted by molar-refractivity contribution is 7.92. The van der Waals surface area contributed by atoms with Crippen molar-refractivity contribution in [2.45, 2.75) is 30.2 Å². The number of nitrogens with zero attached hydrogens (tertiary/aromatic N) is 2. The van der Waals surface area contributed by atoms with Crippen molar-refractivity contribution in [3.8, 4) is 0 Å². The summed E-state index contributed by atoms with van der Waals surface area (Å²) in [5.74, 6) is -1.50. The lowest BCUT2D eigenvalue weighted by molar-refractivity contribution is 0.0696. The van der Waals surface area contributed by atoms with E-state index >= 15 is 0 Å². The van der Waals surface area contributed by atoms with E-state index < -0.39 is 29.0 Å². The predicted molar refractivity (Wildman–Crippen MR) is 141 cm³/mol. The Kier molecular flexibility index (Phi) is 6.06. The minimum absolute atomic E-state index is 0.0943.